The fourth-order valence-corrected chi connectivity index (χ4v) is 16.1. The molecule has 0 saturated heterocycles. The molecule has 0 aliphatic carbocycles. The Hall–Kier alpha value is -1.19. The highest BCUT2D eigenvalue weighted by Crippen LogP contribution is 2.53. The first-order valence-corrected chi connectivity index (χ1v) is 15.1. The van der Waals surface area contributed by atoms with E-state index in [1.54, 1.807) is 5.19 Å². The molecule has 0 saturated carbocycles. The van der Waals surface area contributed by atoms with Gasteiger partial charge in [0.1, 0.15) is 13.8 Å². The van der Waals surface area contributed by atoms with E-state index in [4.69, 9.17) is 0 Å². The lowest BCUT2D eigenvalue weighted by Crippen LogP contribution is -2.63. The number of hydrogen-bond acceptors (Lipinski definition) is 2. The van der Waals surface area contributed by atoms with Crippen molar-refractivity contribution >= 4 is 25.0 Å². The van der Waals surface area contributed by atoms with Crippen LogP contribution in [-0.4, -0.2) is 18.6 Å². The van der Waals surface area contributed by atoms with Gasteiger partial charge < -0.3 is 5.11 Å². The third-order valence-electron chi connectivity index (χ3n) is 6.98. The standard InChI is InChI=1S/C29H46OSSi/c1-26(2,3)23-18-21(19-24(25(23)30)27(4,5)6)31-20-32(28(7,8)9,29(10,11)12)22-16-14-13-15-17-22/h13-19,30H,20H2,1-12H3. The maximum Gasteiger partial charge on any atom is 0.123 e. The molecule has 0 radical (unpaired) electrons. The molecule has 0 atom stereocenters. The summed E-state index contributed by atoms with van der Waals surface area (Å²) in [6.07, 6.45) is 0. The molecule has 2 aromatic carbocycles. The molecule has 1 nitrogen and oxygen atoms in total. The molecule has 0 fully saturated rings. The van der Waals surface area contributed by atoms with Gasteiger partial charge in [-0.2, -0.15) is 0 Å². The van der Waals surface area contributed by atoms with Gasteiger partial charge in [0.15, 0.2) is 0 Å². The summed E-state index contributed by atoms with van der Waals surface area (Å²) in [5.74, 6) is 0.465. The Morgan fingerprint density at radius 3 is 1.44 bits per heavy atom. The minimum atomic E-state index is -2.00. The molecule has 0 aliphatic heterocycles. The van der Waals surface area contributed by atoms with Crippen LogP contribution in [0.1, 0.15) is 94.2 Å². The van der Waals surface area contributed by atoms with Crippen molar-refractivity contribution < 1.29 is 5.11 Å². The van der Waals surface area contributed by atoms with Crippen molar-refractivity contribution in [3.05, 3.63) is 53.6 Å². The zero-order valence-corrected chi connectivity index (χ0v) is 24.4. The highest BCUT2D eigenvalue weighted by molar-refractivity contribution is 8.01. The normalized spacial score (nSPS) is 14.0. The lowest BCUT2D eigenvalue weighted by atomic mass is 9.79. The molecule has 0 aromatic heterocycles. The lowest BCUT2D eigenvalue weighted by Gasteiger charge is -2.52. The lowest BCUT2D eigenvalue weighted by molar-refractivity contribution is 0.422. The summed E-state index contributed by atoms with van der Waals surface area (Å²) in [5, 5.41) is 14.2. The Labute approximate surface area is 203 Å². The quantitative estimate of drug-likeness (QED) is 0.356. The average molecular weight is 471 g/mol. The van der Waals surface area contributed by atoms with Crippen molar-refractivity contribution in [3.8, 4) is 5.75 Å². The van der Waals surface area contributed by atoms with Crippen molar-refractivity contribution in [2.75, 3.05) is 5.38 Å². The number of aromatic hydroxyl groups is 1. The van der Waals surface area contributed by atoms with Crippen LogP contribution in [0.2, 0.25) is 10.1 Å². The van der Waals surface area contributed by atoms with E-state index < -0.39 is 8.07 Å². The van der Waals surface area contributed by atoms with Crippen LogP contribution in [-0.2, 0) is 10.8 Å². The number of benzene rings is 2. The van der Waals surface area contributed by atoms with Gasteiger partial charge in [0, 0.05) is 16.0 Å². The molecule has 0 aliphatic rings. The van der Waals surface area contributed by atoms with E-state index in [2.05, 4.69) is 126 Å². The Morgan fingerprint density at radius 2 is 1.09 bits per heavy atom. The zero-order valence-electron chi connectivity index (χ0n) is 22.6. The molecule has 0 unspecified atom stereocenters. The second-order valence-corrected chi connectivity index (χ2v) is 20.7. The molecule has 32 heavy (non-hydrogen) atoms. The average Bonchev–Trinajstić information content (AvgIpc) is 2.59. The van der Waals surface area contributed by atoms with Gasteiger partial charge in [0.25, 0.3) is 0 Å². The van der Waals surface area contributed by atoms with Crippen molar-refractivity contribution in [1.29, 1.82) is 0 Å². The topological polar surface area (TPSA) is 20.2 Å². The van der Waals surface area contributed by atoms with E-state index >= 15 is 0 Å². The van der Waals surface area contributed by atoms with Crippen molar-refractivity contribution in [2.24, 2.45) is 0 Å². The van der Waals surface area contributed by atoms with Gasteiger partial charge in [-0.15, -0.1) is 11.8 Å². The zero-order chi connectivity index (χ0) is 24.8. The number of hydrogen-bond donors (Lipinski definition) is 1. The predicted octanol–water partition coefficient (Wildman–Crippen LogP) is 8.57. The second-order valence-electron chi connectivity index (χ2n) is 13.4. The summed E-state index contributed by atoms with van der Waals surface area (Å²) in [5.41, 5.74) is 1.88. The van der Waals surface area contributed by atoms with Gasteiger partial charge >= 0.3 is 0 Å². The summed E-state index contributed by atoms with van der Waals surface area (Å²) >= 11 is 2.00. The summed E-state index contributed by atoms with van der Waals surface area (Å²) < 4.78 is 0. The van der Waals surface area contributed by atoms with Gasteiger partial charge in [-0.3, -0.25) is 0 Å². The van der Waals surface area contributed by atoms with E-state index in [0.29, 0.717) is 5.75 Å². The van der Waals surface area contributed by atoms with Crippen molar-refractivity contribution in [1.82, 2.24) is 0 Å². The van der Waals surface area contributed by atoms with E-state index in [-0.39, 0.29) is 20.9 Å². The maximum atomic E-state index is 11.1. The number of phenolic OH excluding ortho intramolecular Hbond substituents is 1. The number of phenols is 1. The van der Waals surface area contributed by atoms with E-state index in [1.807, 2.05) is 11.8 Å². The first-order valence-electron chi connectivity index (χ1n) is 11.9. The van der Waals surface area contributed by atoms with Gasteiger partial charge in [-0.25, -0.2) is 0 Å². The molecule has 0 heterocycles. The fraction of sp³-hybridized carbons (Fsp3) is 0.586. The molecule has 0 bridgehead atoms. The summed E-state index contributed by atoms with van der Waals surface area (Å²) in [7, 11) is -2.00. The third-order valence-corrected chi connectivity index (χ3v) is 16.3. The van der Waals surface area contributed by atoms with Crippen LogP contribution in [0, 0.1) is 0 Å². The molecule has 2 rings (SSSR count). The largest absolute Gasteiger partial charge is 0.507 e. The van der Waals surface area contributed by atoms with E-state index in [1.165, 1.54) is 4.90 Å². The fourth-order valence-electron chi connectivity index (χ4n) is 5.26. The SMILES string of the molecule is CC(C)(C)c1cc(SC[Si](c2ccccc2)(C(C)(C)C)C(C)(C)C)cc(C(C)(C)C)c1O. The summed E-state index contributed by atoms with van der Waals surface area (Å²) in [4.78, 5) is 1.28. The summed E-state index contributed by atoms with van der Waals surface area (Å²) in [6, 6.07) is 15.7. The Bertz CT molecular complexity index is 870. The van der Waals surface area contributed by atoms with Crippen LogP contribution in [0.3, 0.4) is 0 Å². The Balaban J connectivity index is 2.67. The van der Waals surface area contributed by atoms with E-state index in [9.17, 15) is 5.11 Å². The molecule has 0 amide bonds. The van der Waals surface area contributed by atoms with E-state index in [0.717, 1.165) is 16.5 Å². The molecule has 3 heteroatoms. The highest BCUT2D eigenvalue weighted by atomic mass is 32.2. The molecular weight excluding hydrogens is 424 g/mol. The van der Waals surface area contributed by atoms with Crippen molar-refractivity contribution in [2.45, 2.75) is 109 Å². The van der Waals surface area contributed by atoms with Crippen LogP contribution < -0.4 is 5.19 Å². The number of rotatable bonds is 4. The van der Waals surface area contributed by atoms with Crippen LogP contribution in [0.5, 0.6) is 5.75 Å². The Kier molecular flexibility index (Phi) is 7.50. The minimum Gasteiger partial charge on any atom is -0.507 e. The van der Waals surface area contributed by atoms with Crippen molar-refractivity contribution in [3.63, 3.8) is 0 Å². The number of thioether (sulfide) groups is 1. The van der Waals surface area contributed by atoms with Gasteiger partial charge in [0.2, 0.25) is 0 Å². The van der Waals surface area contributed by atoms with Gasteiger partial charge in [-0.1, -0.05) is 119 Å². The molecule has 1 N–H and O–H groups in total. The first kappa shape index (κ1) is 27.1. The van der Waals surface area contributed by atoms with Crippen LogP contribution in [0.25, 0.3) is 0 Å². The minimum absolute atomic E-state index is 0.108. The summed E-state index contributed by atoms with van der Waals surface area (Å²) in [6.45, 7) is 27.8. The smallest absolute Gasteiger partial charge is 0.123 e. The third kappa shape index (κ3) is 5.30. The Morgan fingerprint density at radius 1 is 0.688 bits per heavy atom. The van der Waals surface area contributed by atoms with Gasteiger partial charge in [-0.05, 0) is 38.4 Å². The van der Waals surface area contributed by atoms with Crippen LogP contribution in [0.4, 0.5) is 0 Å². The first-order chi connectivity index (χ1) is 14.3. The predicted molar refractivity (Wildman–Crippen MR) is 147 cm³/mol. The maximum absolute atomic E-state index is 11.1. The molecule has 2 aromatic rings. The highest BCUT2D eigenvalue weighted by Gasteiger charge is 2.53. The second kappa shape index (κ2) is 8.87. The molecular formula is C29H46OSSi. The molecule has 0 spiro atoms. The van der Waals surface area contributed by atoms with Crippen LogP contribution in [0.15, 0.2) is 47.4 Å². The van der Waals surface area contributed by atoms with Gasteiger partial charge in [0.05, 0.1) is 0 Å². The monoisotopic (exact) mass is 470 g/mol. The van der Waals surface area contributed by atoms with Crippen LogP contribution >= 0.6 is 11.8 Å². The molecule has 178 valence electrons.